The average molecular weight is 576 g/mol. The maximum absolute atomic E-state index is 15.6. The van der Waals surface area contributed by atoms with Crippen molar-refractivity contribution in [2.24, 2.45) is 5.92 Å². The van der Waals surface area contributed by atoms with Crippen LogP contribution in [0.25, 0.3) is 11.2 Å². The molecule has 0 radical (unpaired) electrons. The molecule has 31 heavy (non-hydrogen) atoms. The number of imidazole rings is 1. The number of anilines is 2. The Hall–Kier alpha value is -1.40. The van der Waals surface area contributed by atoms with Crippen molar-refractivity contribution in [2.75, 3.05) is 24.7 Å². The molecule has 166 valence electrons. The smallest absolute Gasteiger partial charge is 0.235 e. The summed E-state index contributed by atoms with van der Waals surface area (Å²) in [4.78, 5) is 12.8. The number of nitrogens with one attached hydrogen (secondary N) is 1. The van der Waals surface area contributed by atoms with Crippen molar-refractivity contribution in [3.05, 3.63) is 42.2 Å². The van der Waals surface area contributed by atoms with Crippen LogP contribution in [-0.2, 0) is 27.2 Å². The van der Waals surface area contributed by atoms with Crippen molar-refractivity contribution >= 4 is 60.7 Å². The Morgan fingerprint density at radius 3 is 2.87 bits per heavy atom. The van der Waals surface area contributed by atoms with Gasteiger partial charge in [0.15, 0.2) is 17.0 Å². The molecule has 1 aromatic carbocycles. The number of alkyl halides is 1. The van der Waals surface area contributed by atoms with E-state index in [0.29, 0.717) is 23.1 Å². The van der Waals surface area contributed by atoms with Gasteiger partial charge in [0.25, 0.3) is 0 Å². The Bertz CT molecular complexity index is 1140. The second kappa shape index (κ2) is 8.86. The lowest BCUT2D eigenvalue weighted by Crippen LogP contribution is -2.28. The molecule has 0 saturated carbocycles. The zero-order chi connectivity index (χ0) is 22.2. The summed E-state index contributed by atoms with van der Waals surface area (Å²) in [6, 6.07) is 9.85. The fraction of sp³-hybridized carbons (Fsp3) is 0.421. The Morgan fingerprint density at radius 1 is 1.42 bits per heavy atom. The summed E-state index contributed by atoms with van der Waals surface area (Å²) in [7, 11) is 1.72. The summed E-state index contributed by atoms with van der Waals surface area (Å²) in [6.45, 7) is 1.71. The van der Waals surface area contributed by atoms with Gasteiger partial charge in [-0.25, -0.2) is 9.37 Å². The van der Waals surface area contributed by atoms with Gasteiger partial charge in [0.2, 0.25) is 11.8 Å². The normalized spacial score (nSPS) is 25.5. The third kappa shape index (κ3) is 5.00. The Morgan fingerprint density at radius 2 is 2.16 bits per heavy atom. The molecular formula is C19H23FIN6O2PS. The molecule has 0 aliphatic carbocycles. The lowest BCUT2D eigenvalue weighted by molar-refractivity contribution is -0.171. The molecule has 8 nitrogen and oxygen atoms in total. The van der Waals surface area contributed by atoms with Crippen molar-refractivity contribution in [1.82, 2.24) is 19.5 Å². The van der Waals surface area contributed by atoms with Gasteiger partial charge in [-0.2, -0.15) is 9.97 Å². The molecular weight excluding hydrogens is 553 g/mol. The van der Waals surface area contributed by atoms with Crippen molar-refractivity contribution in [2.45, 2.75) is 31.6 Å². The largest absolute Gasteiger partial charge is 0.371 e. The quantitative estimate of drug-likeness (QED) is 0.310. The minimum atomic E-state index is -2.25. The van der Waals surface area contributed by atoms with Gasteiger partial charge in [0.05, 0.1) is 6.33 Å². The van der Waals surface area contributed by atoms with Gasteiger partial charge in [0.1, 0.15) is 16.7 Å². The van der Waals surface area contributed by atoms with Crippen LogP contribution in [0, 0.1) is 5.92 Å². The second-order valence-electron chi connectivity index (χ2n) is 7.58. The van der Waals surface area contributed by atoms with Gasteiger partial charge < -0.3 is 20.3 Å². The van der Waals surface area contributed by atoms with E-state index < -0.39 is 16.0 Å². The van der Waals surface area contributed by atoms with Crippen LogP contribution in [0.2, 0.25) is 0 Å². The number of halogens is 2. The highest BCUT2D eigenvalue weighted by atomic mass is 127. The first-order valence-corrected chi connectivity index (χ1v) is 15.4. The Balaban J connectivity index is 1.50. The zero-order valence-corrected chi connectivity index (χ0v) is 20.9. The maximum atomic E-state index is 15.6. The molecule has 12 heteroatoms. The molecule has 1 saturated heterocycles. The molecule has 1 fully saturated rings. The minimum Gasteiger partial charge on any atom is -0.371 e. The van der Waals surface area contributed by atoms with Crippen LogP contribution in [0.4, 0.5) is 16.2 Å². The number of aromatic nitrogens is 4. The van der Waals surface area contributed by atoms with Crippen LogP contribution < -0.4 is 11.1 Å². The number of rotatable bonds is 7. The highest BCUT2D eigenvalue weighted by Crippen LogP contribution is 2.60. The van der Waals surface area contributed by atoms with E-state index in [1.807, 2.05) is 37.3 Å². The van der Waals surface area contributed by atoms with E-state index in [1.54, 1.807) is 17.9 Å². The number of nitrogen functional groups attached to an aromatic ring is 1. The van der Waals surface area contributed by atoms with Crippen LogP contribution in [0.1, 0.15) is 25.1 Å². The number of hydrogen-bond donors (Lipinski definition) is 2. The predicted octanol–water partition coefficient (Wildman–Crippen LogP) is 4.63. The zero-order valence-electron chi connectivity index (χ0n) is 17.0. The molecule has 0 unspecified atom stereocenters. The third-order valence-electron chi connectivity index (χ3n) is 5.08. The lowest BCUT2D eigenvalue weighted by Gasteiger charge is -2.24. The van der Waals surface area contributed by atoms with Gasteiger partial charge in [-0.05, 0) is 27.6 Å². The van der Waals surface area contributed by atoms with Crippen LogP contribution in [0.5, 0.6) is 0 Å². The van der Waals surface area contributed by atoms with E-state index in [0.717, 1.165) is 5.56 Å². The molecule has 0 amide bonds. The predicted molar refractivity (Wildman–Crippen MR) is 131 cm³/mol. The molecule has 4 atom stereocenters. The highest BCUT2D eigenvalue weighted by Gasteiger charge is 2.47. The first-order chi connectivity index (χ1) is 14.7. The standard InChI is InChI=1S/C19H23FIN6O2PS/c1-12-8-19(20,10-28-30(21,31)9-13-6-4-3-5-7-13)29-17(12)27-11-24-14-15(23-2)25-18(22)26-16(14)27/h3-7,11-12,17H,8-10H2,1-2H3,(H3,22,23,25,26)/t12-,17+,19-,30+/m0/s1. The van der Waals surface area contributed by atoms with E-state index in [-0.39, 0.29) is 24.9 Å². The highest BCUT2D eigenvalue weighted by molar-refractivity contribution is 14.2. The molecule has 3 N–H and O–H groups in total. The lowest BCUT2D eigenvalue weighted by atomic mass is 10.1. The summed E-state index contributed by atoms with van der Waals surface area (Å²) in [5, 5.41) is 2.95. The summed E-state index contributed by atoms with van der Waals surface area (Å²) in [6.07, 6.45) is 1.74. The fourth-order valence-corrected chi connectivity index (χ4v) is 7.05. The molecule has 2 aromatic heterocycles. The Kier molecular flexibility index (Phi) is 6.51. The summed E-state index contributed by atoms with van der Waals surface area (Å²) in [5.41, 5.74) is 7.94. The SMILES string of the molecule is CNc1nc(N)nc2c1ncn2[C@@H]1O[C@](F)(CO[P@](=S)(I)Cc2ccccc2)C[C@@H]1C. The number of hydrogen-bond acceptors (Lipinski definition) is 8. The van der Waals surface area contributed by atoms with Gasteiger partial charge in [-0.15, -0.1) is 0 Å². The fourth-order valence-electron chi connectivity index (χ4n) is 3.72. The number of ether oxygens (including phenoxy) is 1. The third-order valence-corrected chi connectivity index (χ3v) is 8.90. The molecule has 1 aliphatic rings. The van der Waals surface area contributed by atoms with Crippen molar-refractivity contribution in [1.29, 1.82) is 0 Å². The summed E-state index contributed by atoms with van der Waals surface area (Å²) in [5.74, 6) is -1.47. The van der Waals surface area contributed by atoms with E-state index in [2.05, 4.69) is 42.3 Å². The number of benzene rings is 1. The molecule has 3 heterocycles. The summed E-state index contributed by atoms with van der Waals surface area (Å²) >= 11 is 7.80. The van der Waals surface area contributed by atoms with E-state index >= 15 is 4.39 Å². The number of fused-ring (bicyclic) bond motifs is 1. The topological polar surface area (TPSA) is 100 Å². The second-order valence-corrected chi connectivity index (χ2v) is 17.7. The van der Waals surface area contributed by atoms with E-state index in [9.17, 15) is 0 Å². The maximum Gasteiger partial charge on any atom is 0.235 e. The first kappa shape index (κ1) is 22.8. The molecule has 0 spiro atoms. The number of nitrogens with zero attached hydrogens (tertiary/aromatic N) is 4. The monoisotopic (exact) mass is 576 g/mol. The van der Waals surface area contributed by atoms with E-state index in [1.165, 1.54) is 0 Å². The van der Waals surface area contributed by atoms with Gasteiger partial charge >= 0.3 is 0 Å². The minimum absolute atomic E-state index is 0.102. The van der Waals surface area contributed by atoms with Gasteiger partial charge in [-0.3, -0.25) is 4.57 Å². The van der Waals surface area contributed by atoms with Crippen LogP contribution >= 0.6 is 25.9 Å². The number of nitrogens with two attached hydrogens (primary N) is 1. The molecule has 1 aliphatic heterocycles. The average Bonchev–Trinajstić information content (AvgIpc) is 3.27. The van der Waals surface area contributed by atoms with Crippen LogP contribution in [0.3, 0.4) is 0 Å². The van der Waals surface area contributed by atoms with Crippen molar-refractivity contribution < 1.29 is 13.7 Å². The van der Waals surface area contributed by atoms with Gasteiger partial charge in [-0.1, -0.05) is 49.1 Å². The van der Waals surface area contributed by atoms with Gasteiger partial charge in [0, 0.05) is 25.5 Å². The molecule has 4 rings (SSSR count). The summed E-state index contributed by atoms with van der Waals surface area (Å²) < 4.78 is 26.8. The first-order valence-electron chi connectivity index (χ1n) is 9.71. The Labute approximate surface area is 197 Å². The van der Waals surface area contributed by atoms with Crippen LogP contribution in [-0.4, -0.2) is 39.0 Å². The molecule has 3 aromatic rings. The van der Waals surface area contributed by atoms with Crippen LogP contribution in [0.15, 0.2) is 36.7 Å². The van der Waals surface area contributed by atoms with E-state index in [4.69, 9.17) is 26.8 Å². The molecule has 0 bridgehead atoms. The van der Waals surface area contributed by atoms with Crippen molar-refractivity contribution in [3.63, 3.8) is 0 Å². The van der Waals surface area contributed by atoms with Crippen molar-refractivity contribution in [3.8, 4) is 0 Å².